The van der Waals surface area contributed by atoms with Crippen LogP contribution in [0.15, 0.2) is 34.4 Å². The monoisotopic (exact) mass is 527 g/mol. The second-order valence-corrected chi connectivity index (χ2v) is 8.11. The number of rotatable bonds is 9. The van der Waals surface area contributed by atoms with Crippen LogP contribution in [0.5, 0.6) is 0 Å². The molecule has 0 saturated heterocycles. The van der Waals surface area contributed by atoms with Gasteiger partial charge in [0, 0.05) is 24.8 Å². The SMILES string of the molecule is CCNC(=O)c1ccc(C)c(N=C(N=CN)c2[nH]cc(C(=O)N(CC)C(=O)OCOC(=O)C(C)N)c2C)c1. The highest BCUT2D eigenvalue weighted by molar-refractivity contribution is 6.09. The van der Waals surface area contributed by atoms with Crippen LogP contribution in [-0.4, -0.2) is 71.9 Å². The van der Waals surface area contributed by atoms with Crippen LogP contribution >= 0.6 is 0 Å². The molecule has 2 aromatic rings. The highest BCUT2D eigenvalue weighted by Crippen LogP contribution is 2.24. The molecule has 0 bridgehead atoms. The van der Waals surface area contributed by atoms with Gasteiger partial charge >= 0.3 is 12.1 Å². The van der Waals surface area contributed by atoms with Gasteiger partial charge in [0.25, 0.3) is 11.8 Å². The average molecular weight is 528 g/mol. The van der Waals surface area contributed by atoms with Crippen LogP contribution in [0.2, 0.25) is 0 Å². The molecule has 0 aliphatic rings. The van der Waals surface area contributed by atoms with Gasteiger partial charge in [0.05, 0.1) is 23.3 Å². The molecule has 1 aromatic carbocycles. The van der Waals surface area contributed by atoms with Crippen molar-refractivity contribution in [1.82, 2.24) is 15.2 Å². The highest BCUT2D eigenvalue weighted by Gasteiger charge is 2.27. The van der Waals surface area contributed by atoms with Crippen molar-refractivity contribution in [1.29, 1.82) is 0 Å². The smallest absolute Gasteiger partial charge is 0.419 e. The van der Waals surface area contributed by atoms with E-state index in [-0.39, 0.29) is 23.9 Å². The number of aryl methyl sites for hydroxylation is 1. The maximum Gasteiger partial charge on any atom is 0.419 e. The number of aliphatic imine (C=N–C) groups is 2. The number of amides is 3. The Hall–Kier alpha value is -4.52. The number of ether oxygens (including phenoxy) is 2. The third-order valence-corrected chi connectivity index (χ3v) is 5.36. The molecule has 0 radical (unpaired) electrons. The molecule has 0 spiro atoms. The Labute approximate surface area is 220 Å². The minimum absolute atomic E-state index is 0.00737. The summed E-state index contributed by atoms with van der Waals surface area (Å²) in [6.07, 6.45) is 1.48. The van der Waals surface area contributed by atoms with Crippen LogP contribution in [-0.2, 0) is 14.3 Å². The number of H-pyrrole nitrogens is 1. The van der Waals surface area contributed by atoms with Crippen molar-refractivity contribution < 1.29 is 28.7 Å². The van der Waals surface area contributed by atoms with Gasteiger partial charge in [-0.15, -0.1) is 0 Å². The summed E-state index contributed by atoms with van der Waals surface area (Å²) in [5.41, 5.74) is 13.6. The fraction of sp³-hybridized carbons (Fsp3) is 0.360. The summed E-state index contributed by atoms with van der Waals surface area (Å²) < 4.78 is 9.62. The topological polar surface area (TPSA) is 195 Å². The third-order valence-electron chi connectivity index (χ3n) is 5.36. The Morgan fingerprint density at radius 2 is 1.89 bits per heavy atom. The average Bonchev–Trinajstić information content (AvgIpc) is 3.26. The highest BCUT2D eigenvalue weighted by atomic mass is 16.7. The Kier molecular flexibility index (Phi) is 10.7. The normalized spacial score (nSPS) is 12.2. The van der Waals surface area contributed by atoms with E-state index >= 15 is 0 Å². The number of carbonyl (C=O) groups is 4. The molecule has 0 aliphatic heterocycles. The molecule has 2 rings (SSSR count). The first-order chi connectivity index (χ1) is 18.0. The summed E-state index contributed by atoms with van der Waals surface area (Å²) in [6.45, 7) is 8.11. The third kappa shape index (κ3) is 7.26. The molecule has 13 nitrogen and oxygen atoms in total. The molecule has 6 N–H and O–H groups in total. The van der Waals surface area contributed by atoms with Gasteiger partial charge in [0.15, 0.2) is 5.84 Å². The van der Waals surface area contributed by atoms with Crippen LogP contribution in [0.25, 0.3) is 0 Å². The summed E-state index contributed by atoms with van der Waals surface area (Å²) in [5.74, 6) is -1.48. The minimum Gasteiger partial charge on any atom is -0.427 e. The van der Waals surface area contributed by atoms with Crippen molar-refractivity contribution in [3.63, 3.8) is 0 Å². The molecule has 13 heteroatoms. The first kappa shape index (κ1) is 29.7. The molecule has 3 amide bonds. The molecule has 0 saturated carbocycles. The van der Waals surface area contributed by atoms with Crippen LogP contribution in [0.4, 0.5) is 10.5 Å². The van der Waals surface area contributed by atoms with Gasteiger partial charge in [-0.05, 0) is 57.9 Å². The minimum atomic E-state index is -0.996. The van der Waals surface area contributed by atoms with Gasteiger partial charge in [-0.2, -0.15) is 0 Å². The largest absolute Gasteiger partial charge is 0.427 e. The van der Waals surface area contributed by atoms with E-state index in [0.29, 0.717) is 29.1 Å². The number of aromatic nitrogens is 1. The van der Waals surface area contributed by atoms with Gasteiger partial charge in [0.1, 0.15) is 6.04 Å². The molecular formula is C25H33N7O6. The number of benzene rings is 1. The first-order valence-electron chi connectivity index (χ1n) is 11.9. The number of nitrogens with one attached hydrogen (secondary N) is 2. The lowest BCUT2D eigenvalue weighted by Crippen LogP contribution is -2.38. The standard InChI is InChI=1S/C25H33N7O6/c1-6-28-22(33)17-9-8-14(3)19(10-17)31-21(30-12-26)20-15(4)18(11-29-20)23(34)32(7-2)25(36)38-13-37-24(35)16(5)27/h8-12,16,29H,6-7,13,27H2,1-5H3,(H,28,33)(H2,26,30,31). The zero-order valence-electron chi connectivity index (χ0n) is 22.0. The van der Waals surface area contributed by atoms with Crippen molar-refractivity contribution in [2.45, 2.75) is 40.7 Å². The van der Waals surface area contributed by atoms with E-state index in [0.717, 1.165) is 16.8 Å². The number of carbonyl (C=O) groups excluding carboxylic acids is 4. The van der Waals surface area contributed by atoms with Crippen molar-refractivity contribution in [2.75, 3.05) is 19.9 Å². The Morgan fingerprint density at radius 1 is 1.18 bits per heavy atom. The number of nitrogens with two attached hydrogens (primary N) is 2. The van der Waals surface area contributed by atoms with Crippen LogP contribution < -0.4 is 16.8 Å². The molecule has 1 unspecified atom stereocenters. The van der Waals surface area contributed by atoms with Gasteiger partial charge in [-0.3, -0.25) is 14.4 Å². The maximum absolute atomic E-state index is 13.2. The van der Waals surface area contributed by atoms with Crippen molar-refractivity contribution >= 4 is 41.7 Å². The van der Waals surface area contributed by atoms with E-state index in [1.807, 2.05) is 13.8 Å². The van der Waals surface area contributed by atoms with Gasteiger partial charge < -0.3 is 31.2 Å². The van der Waals surface area contributed by atoms with Crippen molar-refractivity contribution in [3.05, 3.63) is 52.3 Å². The molecule has 1 atom stereocenters. The van der Waals surface area contributed by atoms with Crippen molar-refractivity contribution in [3.8, 4) is 0 Å². The lowest BCUT2D eigenvalue weighted by atomic mass is 10.1. The van der Waals surface area contributed by atoms with Crippen LogP contribution in [0.3, 0.4) is 0 Å². The Bertz CT molecular complexity index is 1250. The van der Waals surface area contributed by atoms with Crippen LogP contribution in [0.1, 0.15) is 58.3 Å². The predicted molar refractivity (Wildman–Crippen MR) is 141 cm³/mol. The fourth-order valence-corrected chi connectivity index (χ4v) is 3.27. The molecule has 0 aliphatic carbocycles. The number of aromatic amines is 1. The Balaban J connectivity index is 2.35. The van der Waals surface area contributed by atoms with E-state index in [1.165, 1.54) is 13.1 Å². The second-order valence-electron chi connectivity index (χ2n) is 8.11. The predicted octanol–water partition coefficient (Wildman–Crippen LogP) is 1.89. The number of hydrogen-bond donors (Lipinski definition) is 4. The number of esters is 1. The van der Waals surface area contributed by atoms with E-state index in [2.05, 4.69) is 20.3 Å². The molecule has 0 fully saturated rings. The molecule has 1 aromatic heterocycles. The number of amidine groups is 1. The van der Waals surface area contributed by atoms with Gasteiger partial charge in [-0.1, -0.05) is 6.07 Å². The molecular weight excluding hydrogens is 494 g/mol. The molecule has 38 heavy (non-hydrogen) atoms. The van der Waals surface area contributed by atoms with Gasteiger partial charge in [0.2, 0.25) is 6.79 Å². The molecule has 1 heterocycles. The Morgan fingerprint density at radius 3 is 2.50 bits per heavy atom. The summed E-state index contributed by atoms with van der Waals surface area (Å²) in [5, 5.41) is 2.74. The van der Waals surface area contributed by atoms with Crippen molar-refractivity contribution in [2.24, 2.45) is 21.5 Å². The zero-order valence-corrected chi connectivity index (χ0v) is 22.0. The van der Waals surface area contributed by atoms with E-state index in [9.17, 15) is 19.2 Å². The second kappa shape index (κ2) is 13.7. The van der Waals surface area contributed by atoms with Gasteiger partial charge in [-0.25, -0.2) is 19.7 Å². The van der Waals surface area contributed by atoms with E-state index < -0.39 is 30.8 Å². The summed E-state index contributed by atoms with van der Waals surface area (Å²) >= 11 is 0. The van der Waals surface area contributed by atoms with Crippen LogP contribution in [0, 0.1) is 13.8 Å². The van der Waals surface area contributed by atoms with E-state index in [4.69, 9.17) is 20.9 Å². The zero-order chi connectivity index (χ0) is 28.4. The lowest BCUT2D eigenvalue weighted by Gasteiger charge is -2.18. The first-order valence-corrected chi connectivity index (χ1v) is 11.9. The number of hydrogen-bond acceptors (Lipinski definition) is 8. The lowest BCUT2D eigenvalue weighted by molar-refractivity contribution is -0.153. The number of nitrogens with zero attached hydrogens (tertiary/aromatic N) is 3. The summed E-state index contributed by atoms with van der Waals surface area (Å²) in [6, 6.07) is 4.20. The fourth-order valence-electron chi connectivity index (χ4n) is 3.27. The number of imide groups is 1. The summed E-state index contributed by atoms with van der Waals surface area (Å²) in [4.78, 5) is 61.9. The maximum atomic E-state index is 13.2. The van der Waals surface area contributed by atoms with E-state index in [1.54, 1.807) is 32.0 Å². The molecule has 204 valence electrons. The summed E-state index contributed by atoms with van der Waals surface area (Å²) in [7, 11) is 0. The quantitative estimate of drug-likeness (QED) is 0.164.